The normalized spacial score (nSPS) is 17.6. The highest BCUT2D eigenvalue weighted by Crippen LogP contribution is 2.44. The van der Waals surface area contributed by atoms with Crippen molar-refractivity contribution in [3.8, 4) is 11.5 Å². The van der Waals surface area contributed by atoms with Crippen LogP contribution >= 0.6 is 11.6 Å². The predicted molar refractivity (Wildman–Crippen MR) is 191 cm³/mol. The van der Waals surface area contributed by atoms with Gasteiger partial charge in [0.25, 0.3) is 5.91 Å². The van der Waals surface area contributed by atoms with Crippen LogP contribution in [0.25, 0.3) is 10.8 Å². The molecule has 9 nitrogen and oxygen atoms in total. The van der Waals surface area contributed by atoms with E-state index in [2.05, 4.69) is 12.1 Å². The van der Waals surface area contributed by atoms with Crippen LogP contribution in [0.3, 0.4) is 0 Å². The van der Waals surface area contributed by atoms with Gasteiger partial charge < -0.3 is 25.0 Å². The van der Waals surface area contributed by atoms with Crippen LogP contribution in [-0.4, -0.2) is 53.5 Å². The molecular weight excluding hydrogens is 638 g/mol. The van der Waals surface area contributed by atoms with Crippen LogP contribution < -0.4 is 20.1 Å². The number of rotatable bonds is 7. The summed E-state index contributed by atoms with van der Waals surface area (Å²) >= 11 is 6.40. The van der Waals surface area contributed by atoms with E-state index in [1.54, 1.807) is 24.1 Å². The van der Waals surface area contributed by atoms with Crippen molar-refractivity contribution in [2.45, 2.75) is 38.0 Å². The SMILES string of the molecule is COc1cc2c(cc1OCc1cccc(CC(=O)N3C[C@@H](CCl)c4c3cc(N)c3ccccc43)n1)N=C[C@@H]1Cc3ccccc3CN1C2=O. The van der Waals surface area contributed by atoms with E-state index in [0.717, 1.165) is 27.6 Å². The van der Waals surface area contributed by atoms with Crippen molar-refractivity contribution in [2.24, 2.45) is 4.99 Å². The molecule has 246 valence electrons. The molecule has 0 radical (unpaired) electrons. The summed E-state index contributed by atoms with van der Waals surface area (Å²) in [6.45, 7) is 1.14. The number of hydrogen-bond donors (Lipinski definition) is 1. The van der Waals surface area contributed by atoms with E-state index in [1.165, 1.54) is 5.56 Å². The molecule has 4 aromatic carbocycles. The third-order valence-corrected chi connectivity index (χ3v) is 10.1. The highest BCUT2D eigenvalue weighted by molar-refractivity contribution is 6.19. The maximum absolute atomic E-state index is 13.7. The fraction of sp³-hybridized carbons (Fsp3) is 0.231. The number of alkyl halides is 1. The Labute approximate surface area is 288 Å². The number of carbonyl (C=O) groups is 2. The Kier molecular flexibility index (Phi) is 7.92. The molecular formula is C39H34ClN5O4. The lowest BCUT2D eigenvalue weighted by atomic mass is 9.94. The minimum Gasteiger partial charge on any atom is -0.493 e. The van der Waals surface area contributed by atoms with Crippen molar-refractivity contribution in [3.05, 3.63) is 119 Å². The highest BCUT2D eigenvalue weighted by Gasteiger charge is 2.35. The zero-order chi connectivity index (χ0) is 33.6. The molecule has 0 saturated carbocycles. The molecule has 0 fully saturated rings. The number of nitrogens with zero attached hydrogens (tertiary/aromatic N) is 4. The van der Waals surface area contributed by atoms with E-state index in [4.69, 9.17) is 36.8 Å². The van der Waals surface area contributed by atoms with Crippen molar-refractivity contribution >= 4 is 57.5 Å². The summed E-state index contributed by atoms with van der Waals surface area (Å²) in [7, 11) is 1.55. The first-order valence-corrected chi connectivity index (χ1v) is 16.8. The quantitative estimate of drug-likeness (QED) is 0.154. The maximum atomic E-state index is 13.7. The number of methoxy groups -OCH3 is 1. The lowest BCUT2D eigenvalue weighted by molar-refractivity contribution is -0.118. The van der Waals surface area contributed by atoms with Gasteiger partial charge in [0, 0.05) is 53.9 Å². The van der Waals surface area contributed by atoms with Gasteiger partial charge in [0.05, 0.1) is 42.2 Å². The number of carbonyl (C=O) groups excluding carboxylic acids is 2. The Balaban J connectivity index is 0.997. The average Bonchev–Trinajstić information content (AvgIpc) is 3.45. The molecule has 49 heavy (non-hydrogen) atoms. The van der Waals surface area contributed by atoms with E-state index < -0.39 is 0 Å². The number of halogens is 1. The van der Waals surface area contributed by atoms with Gasteiger partial charge in [-0.1, -0.05) is 54.6 Å². The van der Waals surface area contributed by atoms with Crippen LogP contribution in [0.15, 0.2) is 89.9 Å². The molecule has 2 atom stereocenters. The molecule has 1 aromatic heterocycles. The Morgan fingerprint density at radius 2 is 1.73 bits per heavy atom. The number of ether oxygens (including phenoxy) is 2. The third kappa shape index (κ3) is 5.54. The summed E-state index contributed by atoms with van der Waals surface area (Å²) in [6, 6.07) is 26.9. The Hall–Kier alpha value is -5.41. The van der Waals surface area contributed by atoms with E-state index >= 15 is 0 Å². The second-order valence-corrected chi connectivity index (χ2v) is 13.0. The van der Waals surface area contributed by atoms with Crippen molar-refractivity contribution in [1.82, 2.24) is 9.88 Å². The Morgan fingerprint density at radius 1 is 0.959 bits per heavy atom. The van der Waals surface area contributed by atoms with Crippen molar-refractivity contribution in [1.29, 1.82) is 0 Å². The Bertz CT molecular complexity index is 2170. The molecule has 0 aliphatic carbocycles. The standard InChI is InChI=1S/C39H34ClN5O4/c1-48-35-15-31-33(42-19-28-13-23-7-2-3-8-24(23)20-44(28)39(31)47)17-36(35)49-22-27-10-6-9-26(43-27)14-37(46)45-21-25(18-40)38-30-12-5-4-11-29(30)32(41)16-34(38)45/h2-12,15-17,19,25,28H,13-14,18,20-22,41H2,1H3/t25-,28+/m1/s1. The summed E-state index contributed by atoms with van der Waals surface area (Å²) in [5, 5.41) is 1.99. The first-order valence-electron chi connectivity index (χ1n) is 16.3. The number of benzene rings is 4. The van der Waals surface area contributed by atoms with Crippen molar-refractivity contribution in [3.63, 3.8) is 0 Å². The smallest absolute Gasteiger partial charge is 0.257 e. The van der Waals surface area contributed by atoms with Gasteiger partial charge in [-0.15, -0.1) is 11.6 Å². The highest BCUT2D eigenvalue weighted by atomic mass is 35.5. The lowest BCUT2D eigenvalue weighted by Crippen LogP contribution is -2.44. The van der Waals surface area contributed by atoms with Crippen molar-refractivity contribution < 1.29 is 19.1 Å². The number of aliphatic imine (C=N–C) groups is 1. The minimum absolute atomic E-state index is 0.00636. The fourth-order valence-corrected chi connectivity index (χ4v) is 7.52. The van der Waals surface area contributed by atoms with Gasteiger partial charge in [-0.3, -0.25) is 19.6 Å². The lowest BCUT2D eigenvalue weighted by Gasteiger charge is -2.34. The second-order valence-electron chi connectivity index (χ2n) is 12.7. The van der Waals surface area contributed by atoms with Gasteiger partial charge in [-0.25, -0.2) is 0 Å². The molecule has 3 aliphatic rings. The van der Waals surface area contributed by atoms with Gasteiger partial charge in [0.2, 0.25) is 5.91 Å². The molecule has 4 heterocycles. The Morgan fingerprint density at radius 3 is 2.55 bits per heavy atom. The summed E-state index contributed by atoms with van der Waals surface area (Å²) in [5.41, 5.74) is 13.6. The number of aromatic nitrogens is 1. The first kappa shape index (κ1) is 30.9. The molecule has 0 spiro atoms. The van der Waals surface area contributed by atoms with Crippen LogP contribution in [0.5, 0.6) is 11.5 Å². The topological polar surface area (TPSA) is 110 Å². The third-order valence-electron chi connectivity index (χ3n) is 9.71. The molecule has 2 amide bonds. The molecule has 5 aromatic rings. The summed E-state index contributed by atoms with van der Waals surface area (Å²) in [6.07, 6.45) is 2.67. The number of pyridine rings is 1. The summed E-state index contributed by atoms with van der Waals surface area (Å²) in [5.74, 6) is 1.11. The van der Waals surface area contributed by atoms with Gasteiger partial charge in [-0.05, 0) is 52.8 Å². The summed E-state index contributed by atoms with van der Waals surface area (Å²) in [4.78, 5) is 40.6. The number of hydrogen-bond acceptors (Lipinski definition) is 7. The monoisotopic (exact) mass is 671 g/mol. The largest absolute Gasteiger partial charge is 0.493 e. The van der Waals surface area contributed by atoms with Crippen LogP contribution in [-0.2, 0) is 30.8 Å². The number of fused-ring (bicyclic) bond motifs is 6. The average molecular weight is 672 g/mol. The zero-order valence-electron chi connectivity index (χ0n) is 26.9. The molecule has 0 unspecified atom stereocenters. The molecule has 10 heteroatoms. The first-order chi connectivity index (χ1) is 23.9. The van der Waals surface area contributed by atoms with E-state index in [1.807, 2.05) is 71.8 Å². The molecule has 0 saturated heterocycles. The number of amides is 2. The van der Waals surface area contributed by atoms with E-state index in [0.29, 0.717) is 65.2 Å². The van der Waals surface area contributed by atoms with Crippen molar-refractivity contribution in [2.75, 3.05) is 30.2 Å². The molecule has 8 rings (SSSR count). The van der Waals surface area contributed by atoms with Crippen LogP contribution in [0.1, 0.15) is 44.4 Å². The number of nitrogen functional groups attached to an aromatic ring is 1. The predicted octanol–water partition coefficient (Wildman–Crippen LogP) is 6.60. The van der Waals surface area contributed by atoms with Gasteiger partial charge in [0.1, 0.15) is 6.61 Å². The molecule has 2 N–H and O–H groups in total. The van der Waals surface area contributed by atoms with Crippen LogP contribution in [0.2, 0.25) is 0 Å². The van der Waals surface area contributed by atoms with Gasteiger partial charge >= 0.3 is 0 Å². The maximum Gasteiger partial charge on any atom is 0.257 e. The minimum atomic E-state index is -0.133. The fourth-order valence-electron chi connectivity index (χ4n) is 7.27. The van der Waals surface area contributed by atoms with Crippen LogP contribution in [0, 0.1) is 0 Å². The van der Waals surface area contributed by atoms with E-state index in [9.17, 15) is 9.59 Å². The number of nitrogens with two attached hydrogens (primary N) is 1. The molecule has 0 bridgehead atoms. The van der Waals surface area contributed by atoms with Gasteiger partial charge in [-0.2, -0.15) is 0 Å². The number of anilines is 2. The molecule has 3 aliphatic heterocycles. The second kappa shape index (κ2) is 12.6. The van der Waals surface area contributed by atoms with Gasteiger partial charge in [0.15, 0.2) is 11.5 Å². The zero-order valence-corrected chi connectivity index (χ0v) is 27.7. The summed E-state index contributed by atoms with van der Waals surface area (Å²) < 4.78 is 11.9. The van der Waals surface area contributed by atoms with Crippen LogP contribution in [0.4, 0.5) is 17.1 Å². The van der Waals surface area contributed by atoms with E-state index in [-0.39, 0.29) is 36.8 Å².